The van der Waals surface area contributed by atoms with Crippen LogP contribution in [0.2, 0.25) is 0 Å². The predicted molar refractivity (Wildman–Crippen MR) is 302 cm³/mol. The van der Waals surface area contributed by atoms with Gasteiger partial charge in [0, 0.05) is 50.0 Å². The summed E-state index contributed by atoms with van der Waals surface area (Å²) >= 11 is 0. The molecule has 0 bridgehead atoms. The van der Waals surface area contributed by atoms with E-state index in [9.17, 15) is 0 Å². The summed E-state index contributed by atoms with van der Waals surface area (Å²) in [6, 6.07) is 60.8. The first-order chi connectivity index (χ1) is 33.7. The van der Waals surface area contributed by atoms with Crippen LogP contribution in [0.1, 0.15) is 105 Å². The van der Waals surface area contributed by atoms with E-state index in [2.05, 4.69) is 261 Å². The van der Waals surface area contributed by atoms with Crippen LogP contribution >= 0.6 is 0 Å². The van der Waals surface area contributed by atoms with Crippen molar-refractivity contribution < 1.29 is 8.83 Å². The number of anilines is 6. The minimum Gasteiger partial charge on any atom is -0.439 e. The summed E-state index contributed by atoms with van der Waals surface area (Å²) in [5.74, 6) is 0. The number of hydrogen-bond acceptors (Lipinski definition) is 4. The number of rotatable bonds is 6. The van der Waals surface area contributed by atoms with Crippen molar-refractivity contribution in [2.24, 2.45) is 0 Å². The molecule has 0 aliphatic carbocycles. The Balaban J connectivity index is 1.06. The van der Waals surface area contributed by atoms with Crippen molar-refractivity contribution in [3.05, 3.63) is 186 Å². The van der Waals surface area contributed by atoms with Gasteiger partial charge < -0.3 is 18.6 Å². The fourth-order valence-corrected chi connectivity index (χ4v) is 10.9. The molecule has 0 atom stereocenters. The third-order valence-electron chi connectivity index (χ3n) is 15.0. The first-order valence-electron chi connectivity index (χ1n) is 25.2. The summed E-state index contributed by atoms with van der Waals surface area (Å²) < 4.78 is 16.3. The number of para-hydroxylation sites is 1. The third kappa shape index (κ3) is 7.26. The summed E-state index contributed by atoms with van der Waals surface area (Å²) in [5.41, 5.74) is 16.3. The summed E-state index contributed by atoms with van der Waals surface area (Å²) in [6.07, 6.45) is 0. The molecule has 12 rings (SSSR count). The molecule has 0 spiro atoms. The van der Waals surface area contributed by atoms with Gasteiger partial charge in [-0.25, -0.2) is 4.40 Å². The first-order valence-corrected chi connectivity index (χ1v) is 25.2. The Labute approximate surface area is 417 Å². The second-order valence-electron chi connectivity index (χ2n) is 24.0. The molecular weight excluding hydrogens is 867 g/mol. The molecule has 354 valence electrons. The number of nitrogens with zero attached hydrogens (tertiary/aromatic N) is 3. The van der Waals surface area contributed by atoms with Gasteiger partial charge in [0.15, 0.2) is 0 Å². The van der Waals surface area contributed by atoms with Crippen molar-refractivity contribution in [1.82, 2.24) is 4.40 Å². The van der Waals surface area contributed by atoms with Gasteiger partial charge in [0.1, 0.15) is 11.2 Å². The molecule has 0 saturated heterocycles. The van der Waals surface area contributed by atoms with Crippen molar-refractivity contribution >= 4 is 105 Å². The van der Waals surface area contributed by atoms with Crippen molar-refractivity contribution in [2.75, 3.05) is 9.80 Å². The van der Waals surface area contributed by atoms with E-state index in [4.69, 9.17) is 8.83 Å². The topological polar surface area (TPSA) is 37.2 Å². The van der Waals surface area contributed by atoms with Crippen LogP contribution in [-0.4, -0.2) is 4.40 Å². The van der Waals surface area contributed by atoms with Crippen LogP contribution in [0, 0.1) is 0 Å². The highest BCUT2D eigenvalue weighted by Crippen LogP contribution is 2.52. The predicted octanol–water partition coefficient (Wildman–Crippen LogP) is 19.6. The van der Waals surface area contributed by atoms with Gasteiger partial charge in [-0.2, -0.15) is 0 Å². The molecule has 0 radical (unpaired) electrons. The standard InChI is InChI=1S/C66H63N3O2/c1-63(2,3)42-18-27-46(28-19-42)67(47-29-20-43(21-30-47)64(4,5)6)50-26-17-40-38-53-56(39-41(40)37-50)71-61-57(53)52-35-36-54(59-58-51-15-13-14-16-55(51)70-62(58)69(61)60(52)59)68(48-31-22-44(23-32-48)65(7,8)9)49-33-24-45(25-34-49)66(10,11)12/h13-39H,1-12H3. The fourth-order valence-electron chi connectivity index (χ4n) is 10.9. The summed E-state index contributed by atoms with van der Waals surface area (Å²) in [5, 5.41) is 8.88. The molecule has 0 aliphatic rings. The van der Waals surface area contributed by atoms with E-state index >= 15 is 0 Å². The van der Waals surface area contributed by atoms with E-state index in [0.29, 0.717) is 0 Å². The normalized spacial score (nSPS) is 13.1. The molecule has 0 fully saturated rings. The third-order valence-corrected chi connectivity index (χ3v) is 15.0. The van der Waals surface area contributed by atoms with Gasteiger partial charge in [0.2, 0.25) is 11.4 Å². The lowest BCUT2D eigenvalue weighted by Crippen LogP contribution is -2.14. The highest BCUT2D eigenvalue weighted by molar-refractivity contribution is 6.34. The second-order valence-corrected chi connectivity index (χ2v) is 24.0. The van der Waals surface area contributed by atoms with E-state index in [1.807, 2.05) is 0 Å². The zero-order valence-electron chi connectivity index (χ0n) is 43.2. The molecule has 71 heavy (non-hydrogen) atoms. The molecule has 5 nitrogen and oxygen atoms in total. The molecule has 0 saturated carbocycles. The van der Waals surface area contributed by atoms with Gasteiger partial charge in [-0.15, -0.1) is 0 Å². The molecule has 4 aromatic heterocycles. The highest BCUT2D eigenvalue weighted by Gasteiger charge is 2.31. The summed E-state index contributed by atoms with van der Waals surface area (Å²) in [7, 11) is 0. The fraction of sp³-hybridized carbons (Fsp3) is 0.242. The maximum absolute atomic E-state index is 7.15. The average Bonchev–Trinajstić information content (AvgIpc) is 4.06. The van der Waals surface area contributed by atoms with Gasteiger partial charge >= 0.3 is 0 Å². The number of hydrogen-bond donors (Lipinski definition) is 0. The Hall–Kier alpha value is -7.50. The Morgan fingerprint density at radius 2 is 0.789 bits per heavy atom. The van der Waals surface area contributed by atoms with Crippen LogP contribution in [-0.2, 0) is 21.7 Å². The monoisotopic (exact) mass is 929 g/mol. The molecule has 12 aromatic rings. The van der Waals surface area contributed by atoms with Crippen molar-refractivity contribution in [3.63, 3.8) is 0 Å². The van der Waals surface area contributed by atoms with Crippen LogP contribution in [0.4, 0.5) is 34.1 Å². The quantitative estimate of drug-likeness (QED) is 0.166. The maximum atomic E-state index is 7.15. The van der Waals surface area contributed by atoms with Gasteiger partial charge in [-0.3, -0.25) is 0 Å². The molecule has 0 amide bonds. The lowest BCUT2D eigenvalue weighted by Gasteiger charge is -2.28. The number of furan rings is 2. The first kappa shape index (κ1) is 44.7. The zero-order chi connectivity index (χ0) is 49.5. The minimum atomic E-state index is 0.0266. The highest BCUT2D eigenvalue weighted by atomic mass is 16.4. The Bertz CT molecular complexity index is 3870. The van der Waals surface area contributed by atoms with Crippen LogP contribution in [0.5, 0.6) is 0 Å². The average molecular weight is 930 g/mol. The molecule has 0 aliphatic heterocycles. The number of fused-ring (bicyclic) bond motifs is 11. The van der Waals surface area contributed by atoms with E-state index in [-0.39, 0.29) is 21.7 Å². The van der Waals surface area contributed by atoms with Gasteiger partial charge in [0.05, 0.1) is 22.0 Å². The van der Waals surface area contributed by atoms with Crippen molar-refractivity contribution in [2.45, 2.75) is 105 Å². The molecule has 0 N–H and O–H groups in total. The van der Waals surface area contributed by atoms with Crippen molar-refractivity contribution in [1.29, 1.82) is 0 Å². The van der Waals surface area contributed by atoms with E-state index in [1.54, 1.807) is 0 Å². The van der Waals surface area contributed by atoms with E-state index in [1.165, 1.54) is 22.3 Å². The van der Waals surface area contributed by atoms with Crippen LogP contribution in [0.3, 0.4) is 0 Å². The van der Waals surface area contributed by atoms with Gasteiger partial charge in [-0.05, 0) is 146 Å². The lowest BCUT2D eigenvalue weighted by molar-refractivity contribution is 0.590. The smallest absolute Gasteiger partial charge is 0.216 e. The van der Waals surface area contributed by atoms with Gasteiger partial charge in [-0.1, -0.05) is 156 Å². The Morgan fingerprint density at radius 3 is 1.30 bits per heavy atom. The molecule has 5 heteroatoms. The summed E-state index contributed by atoms with van der Waals surface area (Å²) in [6.45, 7) is 27.2. The zero-order valence-corrected chi connectivity index (χ0v) is 43.2. The Kier molecular flexibility index (Phi) is 9.76. The Morgan fingerprint density at radius 1 is 0.338 bits per heavy atom. The van der Waals surface area contributed by atoms with E-state index < -0.39 is 0 Å². The molecule has 4 heterocycles. The van der Waals surface area contributed by atoms with E-state index in [0.717, 1.165) is 105 Å². The second kappa shape index (κ2) is 15.5. The van der Waals surface area contributed by atoms with Crippen LogP contribution < -0.4 is 9.80 Å². The lowest BCUT2D eigenvalue weighted by atomic mass is 9.86. The number of aromatic nitrogens is 1. The minimum absolute atomic E-state index is 0.0266. The van der Waals surface area contributed by atoms with Gasteiger partial charge in [0.25, 0.3) is 0 Å². The maximum Gasteiger partial charge on any atom is 0.216 e. The number of benzene rings is 8. The largest absolute Gasteiger partial charge is 0.439 e. The SMILES string of the molecule is CC(C)(C)c1ccc(N(c2ccc(C(C)(C)C)cc2)c2ccc3cc4c(cc3c2)oc2c4c3ccc(N(c4ccc(C(C)(C)C)cc4)c4ccc(C(C)(C)C)cc4)c4c5c6ccccc6oc5n2c34)cc1. The van der Waals surface area contributed by atoms with Crippen LogP contribution in [0.15, 0.2) is 173 Å². The molecule has 8 aromatic carbocycles. The van der Waals surface area contributed by atoms with Crippen molar-refractivity contribution in [3.8, 4) is 0 Å². The molecular formula is C66H63N3O2. The molecule has 0 unspecified atom stereocenters. The summed E-state index contributed by atoms with van der Waals surface area (Å²) in [4.78, 5) is 4.79. The van der Waals surface area contributed by atoms with Crippen LogP contribution in [0.25, 0.3) is 71.2 Å².